The van der Waals surface area contributed by atoms with Gasteiger partial charge in [-0.3, -0.25) is 14.5 Å². The highest BCUT2D eigenvalue weighted by molar-refractivity contribution is 7.89. The Hall–Kier alpha value is -2.46. The lowest BCUT2D eigenvalue weighted by Crippen LogP contribution is -2.44. The number of nitrogens with one attached hydrogen (secondary N) is 1. The largest absolute Gasteiger partial charge is 0.452 e. The smallest absolute Gasteiger partial charge is 0.324 e. The molecule has 3 amide bonds. The number of carbonyl (C=O) groups excluding carboxylic acids is 3. The van der Waals surface area contributed by atoms with Crippen molar-refractivity contribution in [1.29, 1.82) is 0 Å². The molecule has 3 rings (SSSR count). The van der Waals surface area contributed by atoms with Crippen LogP contribution in [0, 0.1) is 33.6 Å². The Balaban J connectivity index is 1.64. The second-order valence-corrected chi connectivity index (χ2v) is 10.4. The fraction of sp³-hybridized carbons (Fsp3) is 0.591. The van der Waals surface area contributed by atoms with Gasteiger partial charge in [-0.1, -0.05) is 6.07 Å². The van der Waals surface area contributed by atoms with Crippen molar-refractivity contribution in [3.63, 3.8) is 0 Å². The Bertz CT molecular complexity index is 1020. The van der Waals surface area contributed by atoms with Crippen LogP contribution in [-0.4, -0.2) is 67.8 Å². The van der Waals surface area contributed by atoms with E-state index in [0.717, 1.165) is 27.2 Å². The standard InChI is InChI=1S/C22H31N3O6S/c1-13-12-14(2)16(4)19(15(13)3)32(29,30)24-9-6-18(7-10-24)21(27)31-17(5)20(26)25-11-8-23-22(25)28/h12,17-18H,6-11H2,1-5H3,(H,23,28). The molecule has 2 aliphatic rings. The third-order valence-electron chi connectivity index (χ3n) is 6.45. The summed E-state index contributed by atoms with van der Waals surface area (Å²) in [6, 6.07) is 1.49. The SMILES string of the molecule is Cc1cc(C)c(C)c(S(=O)(=O)N2CCC(C(=O)OC(C)C(=O)N3CCNC3=O)CC2)c1C. The Morgan fingerprint density at radius 3 is 2.12 bits per heavy atom. The van der Waals surface area contributed by atoms with Crippen LogP contribution < -0.4 is 5.32 Å². The first kappa shape index (κ1) is 24.2. The molecular weight excluding hydrogens is 434 g/mol. The molecule has 32 heavy (non-hydrogen) atoms. The fourth-order valence-corrected chi connectivity index (χ4v) is 6.30. The summed E-state index contributed by atoms with van der Waals surface area (Å²) in [7, 11) is -3.70. The molecule has 2 fully saturated rings. The van der Waals surface area contributed by atoms with Crippen LogP contribution in [-0.2, 0) is 24.3 Å². The number of ether oxygens (including phenoxy) is 1. The summed E-state index contributed by atoms with van der Waals surface area (Å²) >= 11 is 0. The van der Waals surface area contributed by atoms with Crippen LogP contribution in [0.1, 0.15) is 42.0 Å². The molecule has 0 aliphatic carbocycles. The molecule has 0 spiro atoms. The zero-order valence-electron chi connectivity index (χ0n) is 19.2. The molecule has 1 atom stereocenters. The lowest BCUT2D eigenvalue weighted by atomic mass is 9.98. The maximum absolute atomic E-state index is 13.4. The monoisotopic (exact) mass is 465 g/mol. The van der Waals surface area contributed by atoms with E-state index in [2.05, 4.69) is 5.32 Å². The number of benzene rings is 1. The van der Waals surface area contributed by atoms with E-state index in [9.17, 15) is 22.8 Å². The van der Waals surface area contributed by atoms with Gasteiger partial charge in [-0.2, -0.15) is 4.31 Å². The van der Waals surface area contributed by atoms with E-state index in [1.807, 2.05) is 33.8 Å². The molecule has 1 aromatic carbocycles. The molecule has 0 bridgehead atoms. The number of hydrogen-bond acceptors (Lipinski definition) is 6. The zero-order chi connectivity index (χ0) is 23.8. The van der Waals surface area contributed by atoms with E-state index in [1.54, 1.807) is 0 Å². The van der Waals surface area contributed by atoms with Crippen molar-refractivity contribution in [2.75, 3.05) is 26.2 Å². The van der Waals surface area contributed by atoms with E-state index in [0.29, 0.717) is 24.3 Å². The van der Waals surface area contributed by atoms with E-state index in [1.165, 1.54) is 11.2 Å². The predicted molar refractivity (Wildman–Crippen MR) is 118 cm³/mol. The number of hydrogen-bond donors (Lipinski definition) is 1. The lowest BCUT2D eigenvalue weighted by molar-refractivity contribution is -0.162. The normalized spacial score (nSPS) is 19.0. The van der Waals surface area contributed by atoms with Crippen molar-refractivity contribution in [2.24, 2.45) is 5.92 Å². The minimum absolute atomic E-state index is 0.199. The van der Waals surface area contributed by atoms with E-state index >= 15 is 0 Å². The van der Waals surface area contributed by atoms with Crippen molar-refractivity contribution in [3.8, 4) is 0 Å². The van der Waals surface area contributed by atoms with Crippen molar-refractivity contribution in [2.45, 2.75) is 58.5 Å². The molecule has 2 heterocycles. The number of urea groups is 1. The summed E-state index contributed by atoms with van der Waals surface area (Å²) < 4.78 is 33.5. The van der Waals surface area contributed by atoms with Crippen LogP contribution in [0.5, 0.6) is 0 Å². The van der Waals surface area contributed by atoms with Gasteiger partial charge in [-0.25, -0.2) is 13.2 Å². The van der Waals surface area contributed by atoms with E-state index in [4.69, 9.17) is 4.74 Å². The minimum atomic E-state index is -3.70. The molecule has 1 N–H and O–H groups in total. The number of piperidine rings is 1. The highest BCUT2D eigenvalue weighted by Gasteiger charge is 2.37. The summed E-state index contributed by atoms with van der Waals surface area (Å²) in [5.41, 5.74) is 3.34. The first-order chi connectivity index (χ1) is 14.9. The van der Waals surface area contributed by atoms with Gasteiger partial charge in [0.1, 0.15) is 0 Å². The molecule has 0 saturated carbocycles. The van der Waals surface area contributed by atoms with Crippen LogP contribution >= 0.6 is 0 Å². The van der Waals surface area contributed by atoms with Gasteiger partial charge in [-0.15, -0.1) is 0 Å². The average Bonchev–Trinajstić information content (AvgIpc) is 3.17. The van der Waals surface area contributed by atoms with Gasteiger partial charge in [-0.05, 0) is 69.7 Å². The maximum Gasteiger partial charge on any atom is 0.324 e. The van der Waals surface area contributed by atoms with Crippen molar-refractivity contribution in [1.82, 2.24) is 14.5 Å². The molecule has 2 saturated heterocycles. The van der Waals surface area contributed by atoms with Gasteiger partial charge in [0.2, 0.25) is 10.0 Å². The quantitative estimate of drug-likeness (QED) is 0.664. The molecular formula is C22H31N3O6S. The molecule has 0 radical (unpaired) electrons. The second-order valence-electron chi connectivity index (χ2n) is 8.57. The summed E-state index contributed by atoms with van der Waals surface area (Å²) in [6.07, 6.45) is -0.452. The second kappa shape index (κ2) is 9.19. The average molecular weight is 466 g/mol. The lowest BCUT2D eigenvalue weighted by Gasteiger charge is -2.32. The number of amides is 3. The third-order valence-corrected chi connectivity index (χ3v) is 8.62. The Morgan fingerprint density at radius 2 is 1.62 bits per heavy atom. The van der Waals surface area contributed by atoms with Gasteiger partial charge in [0.15, 0.2) is 6.10 Å². The van der Waals surface area contributed by atoms with Crippen LogP contribution in [0.15, 0.2) is 11.0 Å². The van der Waals surface area contributed by atoms with Gasteiger partial charge >= 0.3 is 12.0 Å². The Labute approximate surface area is 189 Å². The van der Waals surface area contributed by atoms with Crippen LogP contribution in [0.4, 0.5) is 4.79 Å². The molecule has 2 aliphatic heterocycles. The number of imide groups is 1. The van der Waals surface area contributed by atoms with Crippen LogP contribution in [0.2, 0.25) is 0 Å². The number of rotatable bonds is 5. The van der Waals surface area contributed by atoms with Crippen molar-refractivity contribution < 1.29 is 27.5 Å². The van der Waals surface area contributed by atoms with Crippen molar-refractivity contribution >= 4 is 27.9 Å². The first-order valence-corrected chi connectivity index (χ1v) is 12.3. The summed E-state index contributed by atoms with van der Waals surface area (Å²) in [6.45, 7) is 9.89. The highest BCUT2D eigenvalue weighted by atomic mass is 32.2. The molecule has 0 aromatic heterocycles. The van der Waals surface area contributed by atoms with Crippen LogP contribution in [0.25, 0.3) is 0 Å². The Morgan fingerprint density at radius 1 is 1.06 bits per heavy atom. The first-order valence-electron chi connectivity index (χ1n) is 10.8. The minimum Gasteiger partial charge on any atom is -0.452 e. The van der Waals surface area contributed by atoms with E-state index < -0.39 is 40.0 Å². The number of esters is 1. The number of nitrogens with zero attached hydrogens (tertiary/aromatic N) is 2. The summed E-state index contributed by atoms with van der Waals surface area (Å²) in [4.78, 5) is 37.9. The topological polar surface area (TPSA) is 113 Å². The number of aryl methyl sites for hydroxylation is 2. The van der Waals surface area contributed by atoms with Gasteiger partial charge in [0.25, 0.3) is 5.91 Å². The third kappa shape index (κ3) is 4.52. The summed E-state index contributed by atoms with van der Waals surface area (Å²) in [5.74, 6) is -1.60. The number of carbonyl (C=O) groups is 3. The van der Waals surface area contributed by atoms with Crippen LogP contribution in [0.3, 0.4) is 0 Å². The Kier molecular flexibility index (Phi) is 6.94. The molecule has 1 unspecified atom stereocenters. The maximum atomic E-state index is 13.4. The van der Waals surface area contributed by atoms with Crippen molar-refractivity contribution in [3.05, 3.63) is 28.3 Å². The van der Waals surface area contributed by atoms with Gasteiger partial charge in [0, 0.05) is 26.2 Å². The summed E-state index contributed by atoms with van der Waals surface area (Å²) in [5, 5.41) is 2.53. The highest BCUT2D eigenvalue weighted by Crippen LogP contribution is 2.31. The predicted octanol–water partition coefficient (Wildman–Crippen LogP) is 1.80. The van der Waals surface area contributed by atoms with E-state index in [-0.39, 0.29) is 19.6 Å². The number of sulfonamides is 1. The molecule has 10 heteroatoms. The van der Waals surface area contributed by atoms with Gasteiger partial charge in [0.05, 0.1) is 10.8 Å². The molecule has 9 nitrogen and oxygen atoms in total. The molecule has 1 aromatic rings. The zero-order valence-corrected chi connectivity index (χ0v) is 20.0. The molecule has 176 valence electrons. The van der Waals surface area contributed by atoms with Gasteiger partial charge < -0.3 is 10.1 Å². The fourth-order valence-electron chi connectivity index (χ4n) is 4.25.